The topological polar surface area (TPSA) is 21.3 Å². The van der Waals surface area contributed by atoms with Crippen molar-refractivity contribution in [3.8, 4) is 5.75 Å². The monoisotopic (exact) mass is 371 g/mol. The summed E-state index contributed by atoms with van der Waals surface area (Å²) in [6.45, 7) is 1.97. The Bertz CT molecular complexity index is 663. The van der Waals surface area contributed by atoms with Crippen LogP contribution in [-0.4, -0.2) is 14.2 Å². The molecular weight excluding hydrogens is 357 g/mol. The number of benzene rings is 2. The van der Waals surface area contributed by atoms with Crippen molar-refractivity contribution in [2.45, 2.75) is 13.0 Å². The standard InChI is InChI=1S/C16H16BrClFNO/c1-9-10(5-4-6-13(9)18)16(20-2)11-7-12(17)14(19)8-15(11)21-3/h4-8,16,20H,1-3H3. The van der Waals surface area contributed by atoms with Crippen LogP contribution in [0.4, 0.5) is 4.39 Å². The van der Waals surface area contributed by atoms with Gasteiger partial charge in [0.25, 0.3) is 0 Å². The van der Waals surface area contributed by atoms with E-state index in [0.29, 0.717) is 15.2 Å². The van der Waals surface area contributed by atoms with Gasteiger partial charge in [-0.2, -0.15) is 0 Å². The molecule has 0 bridgehead atoms. The first kappa shape index (κ1) is 16.3. The molecule has 21 heavy (non-hydrogen) atoms. The second-order valence-corrected chi connectivity index (χ2v) is 5.95. The van der Waals surface area contributed by atoms with Crippen LogP contribution in [-0.2, 0) is 0 Å². The zero-order chi connectivity index (χ0) is 15.6. The van der Waals surface area contributed by atoms with Crippen LogP contribution >= 0.6 is 27.5 Å². The largest absolute Gasteiger partial charge is 0.496 e. The minimum atomic E-state index is -0.353. The molecule has 1 atom stereocenters. The van der Waals surface area contributed by atoms with Crippen molar-refractivity contribution < 1.29 is 9.13 Å². The Labute approximate surface area is 137 Å². The van der Waals surface area contributed by atoms with Gasteiger partial charge in [0.1, 0.15) is 11.6 Å². The molecule has 0 fully saturated rings. The summed E-state index contributed by atoms with van der Waals surface area (Å²) in [5.41, 5.74) is 2.86. The van der Waals surface area contributed by atoms with E-state index in [4.69, 9.17) is 16.3 Å². The summed E-state index contributed by atoms with van der Waals surface area (Å²) in [5.74, 6) is 0.141. The summed E-state index contributed by atoms with van der Waals surface area (Å²) >= 11 is 9.43. The Hall–Kier alpha value is -1.10. The lowest BCUT2D eigenvalue weighted by Crippen LogP contribution is -2.19. The average Bonchev–Trinajstić information content (AvgIpc) is 2.47. The van der Waals surface area contributed by atoms with Gasteiger partial charge in [-0.05, 0) is 53.2 Å². The molecule has 0 radical (unpaired) electrons. The van der Waals surface area contributed by atoms with Gasteiger partial charge in [0.05, 0.1) is 17.6 Å². The second kappa shape index (κ2) is 6.77. The molecule has 2 aromatic carbocycles. The molecule has 0 spiro atoms. The third-order valence-corrected chi connectivity index (χ3v) is 4.51. The van der Waals surface area contributed by atoms with Crippen molar-refractivity contribution in [2.24, 2.45) is 0 Å². The first-order chi connectivity index (χ1) is 9.99. The van der Waals surface area contributed by atoms with Crippen LogP contribution in [0.15, 0.2) is 34.8 Å². The Kier molecular flexibility index (Phi) is 5.25. The zero-order valence-corrected chi connectivity index (χ0v) is 14.3. The molecule has 2 rings (SSSR count). The quantitative estimate of drug-likeness (QED) is 0.827. The Morgan fingerprint density at radius 3 is 2.62 bits per heavy atom. The molecule has 2 aromatic rings. The van der Waals surface area contributed by atoms with Crippen LogP contribution in [0.3, 0.4) is 0 Å². The summed E-state index contributed by atoms with van der Waals surface area (Å²) in [4.78, 5) is 0. The van der Waals surface area contributed by atoms with Gasteiger partial charge in [0.2, 0.25) is 0 Å². The minimum Gasteiger partial charge on any atom is -0.496 e. The number of rotatable bonds is 4. The summed E-state index contributed by atoms with van der Waals surface area (Å²) < 4.78 is 19.4. The molecule has 112 valence electrons. The van der Waals surface area contributed by atoms with E-state index in [1.54, 1.807) is 6.07 Å². The van der Waals surface area contributed by atoms with E-state index in [9.17, 15) is 4.39 Å². The number of hydrogen-bond donors (Lipinski definition) is 1. The normalized spacial score (nSPS) is 12.3. The van der Waals surface area contributed by atoms with E-state index in [1.807, 2.05) is 32.2 Å². The summed E-state index contributed by atoms with van der Waals surface area (Å²) in [5, 5.41) is 3.94. The average molecular weight is 373 g/mol. The highest BCUT2D eigenvalue weighted by atomic mass is 79.9. The van der Waals surface area contributed by atoms with Gasteiger partial charge in [0.15, 0.2) is 0 Å². The van der Waals surface area contributed by atoms with Crippen LogP contribution in [0, 0.1) is 12.7 Å². The van der Waals surface area contributed by atoms with Gasteiger partial charge in [-0.25, -0.2) is 4.39 Å². The lowest BCUT2D eigenvalue weighted by molar-refractivity contribution is 0.401. The smallest absolute Gasteiger partial charge is 0.141 e. The molecule has 0 aliphatic carbocycles. The maximum atomic E-state index is 13.7. The molecule has 1 N–H and O–H groups in total. The predicted molar refractivity (Wildman–Crippen MR) is 87.7 cm³/mol. The number of methoxy groups -OCH3 is 1. The Morgan fingerprint density at radius 2 is 2.00 bits per heavy atom. The maximum absolute atomic E-state index is 13.7. The zero-order valence-electron chi connectivity index (χ0n) is 12.0. The summed E-state index contributed by atoms with van der Waals surface area (Å²) in [6.07, 6.45) is 0. The summed E-state index contributed by atoms with van der Waals surface area (Å²) in [7, 11) is 3.38. The highest BCUT2D eigenvalue weighted by Crippen LogP contribution is 2.36. The molecule has 5 heteroatoms. The highest BCUT2D eigenvalue weighted by molar-refractivity contribution is 9.10. The fourth-order valence-electron chi connectivity index (χ4n) is 2.36. The van der Waals surface area contributed by atoms with E-state index < -0.39 is 0 Å². The Balaban J connectivity index is 2.61. The second-order valence-electron chi connectivity index (χ2n) is 4.68. The molecule has 0 aliphatic rings. The van der Waals surface area contributed by atoms with Crippen molar-refractivity contribution in [3.63, 3.8) is 0 Å². The molecule has 0 aliphatic heterocycles. The maximum Gasteiger partial charge on any atom is 0.141 e. The third kappa shape index (κ3) is 3.23. The van der Waals surface area contributed by atoms with E-state index in [-0.39, 0.29) is 11.9 Å². The predicted octanol–water partition coefficient (Wildman–Crippen LogP) is 4.87. The Morgan fingerprint density at radius 1 is 1.29 bits per heavy atom. The van der Waals surface area contributed by atoms with Gasteiger partial charge in [-0.1, -0.05) is 23.7 Å². The first-order valence-corrected chi connectivity index (χ1v) is 7.62. The van der Waals surface area contributed by atoms with E-state index in [0.717, 1.165) is 16.7 Å². The summed E-state index contributed by atoms with van der Waals surface area (Å²) in [6, 6.07) is 8.72. The molecular formula is C16H16BrClFNO. The SMILES string of the molecule is CNC(c1cc(Br)c(F)cc1OC)c1cccc(Cl)c1C. The van der Waals surface area contributed by atoms with Crippen LogP contribution in [0.25, 0.3) is 0 Å². The van der Waals surface area contributed by atoms with Gasteiger partial charge < -0.3 is 10.1 Å². The molecule has 0 saturated heterocycles. The van der Waals surface area contributed by atoms with Crippen LogP contribution < -0.4 is 10.1 Å². The van der Waals surface area contributed by atoms with Crippen LogP contribution in [0.5, 0.6) is 5.75 Å². The van der Waals surface area contributed by atoms with Crippen LogP contribution in [0.2, 0.25) is 5.02 Å². The van der Waals surface area contributed by atoms with Crippen molar-refractivity contribution >= 4 is 27.5 Å². The first-order valence-electron chi connectivity index (χ1n) is 6.44. The van der Waals surface area contributed by atoms with E-state index in [2.05, 4.69) is 21.2 Å². The lowest BCUT2D eigenvalue weighted by atomic mass is 9.94. The van der Waals surface area contributed by atoms with Crippen molar-refractivity contribution in [2.75, 3.05) is 14.2 Å². The van der Waals surface area contributed by atoms with Crippen LogP contribution in [0.1, 0.15) is 22.7 Å². The van der Waals surface area contributed by atoms with Gasteiger partial charge in [-0.15, -0.1) is 0 Å². The fraction of sp³-hybridized carbons (Fsp3) is 0.250. The lowest BCUT2D eigenvalue weighted by Gasteiger charge is -2.22. The van der Waals surface area contributed by atoms with Crippen molar-refractivity contribution in [1.29, 1.82) is 0 Å². The number of ether oxygens (including phenoxy) is 1. The highest BCUT2D eigenvalue weighted by Gasteiger charge is 2.21. The van der Waals surface area contributed by atoms with E-state index >= 15 is 0 Å². The molecule has 1 unspecified atom stereocenters. The van der Waals surface area contributed by atoms with Gasteiger partial charge in [-0.3, -0.25) is 0 Å². The fourth-order valence-corrected chi connectivity index (χ4v) is 2.90. The van der Waals surface area contributed by atoms with Gasteiger partial charge in [0, 0.05) is 16.7 Å². The molecule has 2 nitrogen and oxygen atoms in total. The minimum absolute atomic E-state index is 0.143. The van der Waals surface area contributed by atoms with Crippen molar-refractivity contribution in [3.05, 3.63) is 62.3 Å². The molecule has 0 amide bonds. The van der Waals surface area contributed by atoms with Crippen molar-refractivity contribution in [1.82, 2.24) is 5.32 Å². The molecule has 0 saturated carbocycles. The molecule has 0 heterocycles. The number of hydrogen-bond acceptors (Lipinski definition) is 2. The van der Waals surface area contributed by atoms with E-state index in [1.165, 1.54) is 13.2 Å². The number of halogens is 3. The third-order valence-electron chi connectivity index (χ3n) is 3.49. The number of nitrogens with one attached hydrogen (secondary N) is 1. The van der Waals surface area contributed by atoms with Gasteiger partial charge >= 0.3 is 0 Å². The molecule has 0 aromatic heterocycles.